The van der Waals surface area contributed by atoms with Gasteiger partial charge in [-0.15, -0.1) is 10.2 Å². The van der Waals surface area contributed by atoms with E-state index in [0.717, 1.165) is 11.5 Å². The van der Waals surface area contributed by atoms with Gasteiger partial charge in [0, 0.05) is 25.8 Å². The Kier molecular flexibility index (Phi) is 6.50. The van der Waals surface area contributed by atoms with Crippen LogP contribution >= 0.6 is 0 Å². The van der Waals surface area contributed by atoms with Crippen LogP contribution < -0.4 is 15.4 Å². The first-order chi connectivity index (χ1) is 11.6. The number of nitrogens with one attached hydrogen (secondary N) is 3. The highest BCUT2D eigenvalue weighted by Crippen LogP contribution is 2.03. The van der Waals surface area contributed by atoms with E-state index in [1.807, 2.05) is 35.7 Å². The highest BCUT2D eigenvalue weighted by atomic mass is 32.2. The minimum atomic E-state index is -3.17. The van der Waals surface area contributed by atoms with Gasteiger partial charge < -0.3 is 10.6 Å². The van der Waals surface area contributed by atoms with E-state index in [-0.39, 0.29) is 5.75 Å². The Morgan fingerprint density at radius 1 is 1.21 bits per heavy atom. The molecule has 2 rings (SSSR count). The molecule has 0 radical (unpaired) electrons. The van der Waals surface area contributed by atoms with Crippen molar-refractivity contribution >= 4 is 21.6 Å². The predicted octanol–water partition coefficient (Wildman–Crippen LogP) is -0.276. The Morgan fingerprint density at radius 2 is 2.04 bits per heavy atom. The zero-order chi connectivity index (χ0) is 17.4. The van der Waals surface area contributed by atoms with Gasteiger partial charge in [-0.25, -0.2) is 18.1 Å². The third-order valence-electron chi connectivity index (χ3n) is 3.23. The average molecular weight is 353 g/mol. The van der Waals surface area contributed by atoms with Crippen molar-refractivity contribution in [1.29, 1.82) is 0 Å². The monoisotopic (exact) mass is 353 g/mol. The third-order valence-corrected chi connectivity index (χ3v) is 4.63. The van der Waals surface area contributed by atoms with Crippen molar-refractivity contribution in [2.45, 2.75) is 20.4 Å². The SMILES string of the molecule is CCNC(=NCc1nnc2ccccn12)NCCNS(=O)(=O)CC. The Bertz CT molecular complexity index is 785. The molecule has 2 heterocycles. The Balaban J connectivity index is 1.93. The van der Waals surface area contributed by atoms with E-state index in [4.69, 9.17) is 0 Å². The maximum atomic E-state index is 11.4. The number of aliphatic imine (C=N–C) groups is 1. The Morgan fingerprint density at radius 3 is 2.79 bits per heavy atom. The van der Waals surface area contributed by atoms with E-state index < -0.39 is 10.0 Å². The highest BCUT2D eigenvalue weighted by molar-refractivity contribution is 7.89. The zero-order valence-corrected chi connectivity index (χ0v) is 14.7. The molecule has 2 aromatic rings. The number of guanidine groups is 1. The molecular formula is C14H23N7O2S. The molecule has 10 heteroatoms. The summed E-state index contributed by atoms with van der Waals surface area (Å²) in [5.41, 5.74) is 0.773. The van der Waals surface area contributed by atoms with Crippen molar-refractivity contribution in [2.75, 3.05) is 25.4 Å². The molecule has 0 saturated carbocycles. The molecule has 0 aliphatic carbocycles. The second kappa shape index (κ2) is 8.60. The van der Waals surface area contributed by atoms with Gasteiger partial charge in [0.05, 0.1) is 5.75 Å². The van der Waals surface area contributed by atoms with Crippen molar-refractivity contribution in [2.24, 2.45) is 4.99 Å². The van der Waals surface area contributed by atoms with Crippen molar-refractivity contribution in [3.05, 3.63) is 30.2 Å². The van der Waals surface area contributed by atoms with Gasteiger partial charge in [0.25, 0.3) is 0 Å². The maximum Gasteiger partial charge on any atom is 0.211 e. The van der Waals surface area contributed by atoms with Gasteiger partial charge in [0.1, 0.15) is 6.54 Å². The van der Waals surface area contributed by atoms with Crippen LogP contribution in [0.1, 0.15) is 19.7 Å². The molecule has 0 spiro atoms. The van der Waals surface area contributed by atoms with Gasteiger partial charge >= 0.3 is 0 Å². The highest BCUT2D eigenvalue weighted by Gasteiger charge is 2.06. The molecular weight excluding hydrogens is 330 g/mol. The molecule has 0 bridgehead atoms. The van der Waals surface area contributed by atoms with E-state index in [1.54, 1.807) is 6.92 Å². The summed E-state index contributed by atoms with van der Waals surface area (Å²) in [6.07, 6.45) is 1.89. The zero-order valence-electron chi connectivity index (χ0n) is 13.9. The molecule has 0 fully saturated rings. The first kappa shape index (κ1) is 18.1. The van der Waals surface area contributed by atoms with E-state index in [1.165, 1.54) is 0 Å². The van der Waals surface area contributed by atoms with Crippen LogP contribution in [-0.4, -0.2) is 54.4 Å². The number of fused-ring (bicyclic) bond motifs is 1. The van der Waals surface area contributed by atoms with E-state index in [9.17, 15) is 8.42 Å². The molecule has 3 N–H and O–H groups in total. The molecule has 0 aliphatic rings. The van der Waals surface area contributed by atoms with Gasteiger partial charge in [0.2, 0.25) is 10.0 Å². The van der Waals surface area contributed by atoms with Crippen LogP contribution in [-0.2, 0) is 16.6 Å². The molecule has 0 aliphatic heterocycles. The number of hydrogen-bond acceptors (Lipinski definition) is 5. The standard InChI is InChI=1S/C14H23N7O2S/c1-3-15-14(16-8-9-18-24(22,23)4-2)17-11-13-20-19-12-7-5-6-10-21(12)13/h5-7,10,18H,3-4,8-9,11H2,1-2H3,(H2,15,16,17). The van der Waals surface area contributed by atoms with Crippen LogP contribution in [0, 0.1) is 0 Å². The van der Waals surface area contributed by atoms with Gasteiger partial charge in [0.15, 0.2) is 17.4 Å². The summed E-state index contributed by atoms with van der Waals surface area (Å²) < 4.78 is 27.1. The topological polar surface area (TPSA) is 113 Å². The number of hydrogen-bond donors (Lipinski definition) is 3. The number of aromatic nitrogens is 3. The Labute approximate surface area is 141 Å². The lowest BCUT2D eigenvalue weighted by atomic mass is 10.4. The smallest absolute Gasteiger partial charge is 0.211 e. The predicted molar refractivity (Wildman–Crippen MR) is 93.3 cm³/mol. The fourth-order valence-electron chi connectivity index (χ4n) is 1.98. The lowest BCUT2D eigenvalue weighted by Gasteiger charge is -2.11. The Hall–Kier alpha value is -2.20. The second-order valence-electron chi connectivity index (χ2n) is 4.96. The lowest BCUT2D eigenvalue weighted by molar-refractivity contribution is 0.582. The molecule has 24 heavy (non-hydrogen) atoms. The minimum Gasteiger partial charge on any atom is -0.357 e. The molecule has 0 saturated heterocycles. The number of pyridine rings is 1. The van der Waals surface area contributed by atoms with Crippen LogP contribution in [0.15, 0.2) is 29.4 Å². The van der Waals surface area contributed by atoms with Crippen molar-refractivity contribution in [1.82, 2.24) is 30.0 Å². The van der Waals surface area contributed by atoms with Gasteiger partial charge in [-0.3, -0.25) is 4.40 Å². The lowest BCUT2D eigenvalue weighted by Crippen LogP contribution is -2.41. The van der Waals surface area contributed by atoms with Gasteiger partial charge in [-0.05, 0) is 26.0 Å². The number of sulfonamides is 1. The van der Waals surface area contributed by atoms with Crippen LogP contribution in [0.3, 0.4) is 0 Å². The van der Waals surface area contributed by atoms with Crippen LogP contribution in [0.25, 0.3) is 5.65 Å². The number of rotatable bonds is 8. The summed E-state index contributed by atoms with van der Waals surface area (Å²) in [5.74, 6) is 1.40. The molecule has 132 valence electrons. The fourth-order valence-corrected chi connectivity index (χ4v) is 2.60. The first-order valence-electron chi connectivity index (χ1n) is 7.84. The van der Waals surface area contributed by atoms with Crippen molar-refractivity contribution in [3.63, 3.8) is 0 Å². The summed E-state index contributed by atoms with van der Waals surface area (Å²) in [6, 6.07) is 5.69. The molecule has 0 amide bonds. The van der Waals surface area contributed by atoms with E-state index in [2.05, 4.69) is 30.5 Å². The quantitative estimate of drug-likeness (QED) is 0.342. The average Bonchev–Trinajstić information content (AvgIpc) is 2.99. The van der Waals surface area contributed by atoms with Crippen molar-refractivity contribution < 1.29 is 8.42 Å². The summed E-state index contributed by atoms with van der Waals surface area (Å²) in [7, 11) is -3.17. The van der Waals surface area contributed by atoms with Crippen LogP contribution in [0.5, 0.6) is 0 Å². The van der Waals surface area contributed by atoms with Gasteiger partial charge in [-0.1, -0.05) is 6.07 Å². The molecule has 0 unspecified atom stereocenters. The maximum absolute atomic E-state index is 11.4. The number of nitrogens with zero attached hydrogens (tertiary/aromatic N) is 4. The molecule has 2 aromatic heterocycles. The van der Waals surface area contributed by atoms with E-state index in [0.29, 0.717) is 32.1 Å². The van der Waals surface area contributed by atoms with Gasteiger partial charge in [-0.2, -0.15) is 0 Å². The molecule has 0 aromatic carbocycles. The van der Waals surface area contributed by atoms with Crippen LogP contribution in [0.4, 0.5) is 0 Å². The molecule has 0 atom stereocenters. The summed E-state index contributed by atoms with van der Waals surface area (Å²) >= 11 is 0. The normalized spacial score (nSPS) is 12.5. The first-order valence-corrected chi connectivity index (χ1v) is 9.49. The summed E-state index contributed by atoms with van der Waals surface area (Å²) in [5, 5.41) is 14.4. The second-order valence-corrected chi connectivity index (χ2v) is 7.06. The minimum absolute atomic E-state index is 0.0705. The summed E-state index contributed by atoms with van der Waals surface area (Å²) in [6.45, 7) is 5.36. The largest absolute Gasteiger partial charge is 0.357 e. The molecule has 9 nitrogen and oxygen atoms in total. The van der Waals surface area contributed by atoms with Crippen LogP contribution in [0.2, 0.25) is 0 Å². The fraction of sp³-hybridized carbons (Fsp3) is 0.500. The van der Waals surface area contributed by atoms with E-state index >= 15 is 0 Å². The van der Waals surface area contributed by atoms with Crippen molar-refractivity contribution in [3.8, 4) is 0 Å². The summed E-state index contributed by atoms with van der Waals surface area (Å²) in [4.78, 5) is 4.45. The third kappa shape index (κ3) is 5.17.